The number of ketones is 1. The molecular weight excluding hydrogens is 292 g/mol. The van der Waals surface area contributed by atoms with Gasteiger partial charge in [0.15, 0.2) is 0 Å². The minimum atomic E-state index is -0.599. The average molecular weight is 316 g/mol. The number of hydroxylamine groups is 1. The van der Waals surface area contributed by atoms with E-state index in [2.05, 4.69) is 0 Å². The van der Waals surface area contributed by atoms with Gasteiger partial charge in [-0.2, -0.15) is 0 Å². The molecule has 1 amide bonds. The summed E-state index contributed by atoms with van der Waals surface area (Å²) in [4.78, 5) is 25.2. The average Bonchev–Trinajstić information content (AvgIpc) is 2.52. The fraction of sp³-hybridized carbons (Fsp3) is 0.333. The van der Waals surface area contributed by atoms with Gasteiger partial charge in [0, 0.05) is 38.2 Å². The number of Topliss-reactive ketones (excluding diaryl/α,β-unsaturated/α-hetero) is 1. The van der Waals surface area contributed by atoms with Crippen LogP contribution in [0.3, 0.4) is 0 Å². The molecule has 124 valence electrons. The van der Waals surface area contributed by atoms with Gasteiger partial charge in [0.2, 0.25) is 0 Å². The highest BCUT2D eigenvalue weighted by molar-refractivity contribution is 5.87. The quantitative estimate of drug-likeness (QED) is 0.351. The molecule has 0 heterocycles. The minimum Gasteiger partial charge on any atom is -0.378 e. The number of nitrogens with one attached hydrogen (secondary N) is 1. The fourth-order valence-electron chi connectivity index (χ4n) is 2.06. The van der Waals surface area contributed by atoms with Crippen molar-refractivity contribution >= 4 is 17.4 Å². The Balaban J connectivity index is 2.66. The van der Waals surface area contributed by atoms with Crippen molar-refractivity contribution in [2.75, 3.05) is 19.0 Å². The van der Waals surface area contributed by atoms with E-state index in [0.717, 1.165) is 16.8 Å². The van der Waals surface area contributed by atoms with Crippen LogP contribution in [0.5, 0.6) is 0 Å². The van der Waals surface area contributed by atoms with Crippen molar-refractivity contribution in [3.63, 3.8) is 0 Å². The Morgan fingerprint density at radius 2 is 1.83 bits per heavy atom. The summed E-state index contributed by atoms with van der Waals surface area (Å²) in [5.74, 6) is -0.731. The summed E-state index contributed by atoms with van der Waals surface area (Å²) in [7, 11) is 3.95. The van der Waals surface area contributed by atoms with Crippen molar-refractivity contribution in [3.8, 4) is 0 Å². The van der Waals surface area contributed by atoms with E-state index < -0.39 is 5.91 Å². The summed E-state index contributed by atoms with van der Waals surface area (Å²) in [5.41, 5.74) is 4.38. The van der Waals surface area contributed by atoms with E-state index in [-0.39, 0.29) is 11.7 Å². The lowest BCUT2D eigenvalue weighted by Crippen LogP contribution is -2.15. The molecule has 1 aromatic rings. The molecule has 1 unspecified atom stereocenters. The van der Waals surface area contributed by atoms with Crippen LogP contribution in [0.4, 0.5) is 5.69 Å². The summed E-state index contributed by atoms with van der Waals surface area (Å²) in [6.45, 7) is 3.64. The second-order valence-corrected chi connectivity index (χ2v) is 5.71. The number of carbonyl (C=O) groups is 2. The molecule has 0 bridgehead atoms. The first kappa shape index (κ1) is 18.6. The van der Waals surface area contributed by atoms with Gasteiger partial charge in [0.1, 0.15) is 5.78 Å². The number of anilines is 1. The normalized spacial score (nSPS) is 13.0. The minimum absolute atomic E-state index is 0.113. The molecular formula is C18H24N2O3. The molecule has 0 saturated heterocycles. The van der Waals surface area contributed by atoms with Crippen molar-refractivity contribution in [2.24, 2.45) is 5.92 Å². The first-order chi connectivity index (χ1) is 10.8. The van der Waals surface area contributed by atoms with E-state index in [1.54, 1.807) is 19.1 Å². The topological polar surface area (TPSA) is 69.6 Å². The first-order valence-electron chi connectivity index (χ1n) is 7.43. The molecule has 1 rings (SSSR count). The zero-order valence-electron chi connectivity index (χ0n) is 14.0. The van der Waals surface area contributed by atoms with Crippen molar-refractivity contribution < 1.29 is 14.8 Å². The highest BCUT2D eigenvalue weighted by Gasteiger charge is 2.11. The molecule has 0 aromatic heterocycles. The summed E-state index contributed by atoms with van der Waals surface area (Å²) in [6.07, 6.45) is 4.95. The molecule has 0 aliphatic heterocycles. The Labute approximate surface area is 137 Å². The molecule has 1 aromatic carbocycles. The van der Waals surface area contributed by atoms with Crippen LogP contribution in [0, 0.1) is 5.92 Å². The number of rotatable bonds is 7. The number of nitrogens with zero attached hydrogens (tertiary/aromatic N) is 1. The molecule has 0 aliphatic rings. The number of allylic oxidation sites excluding steroid dienone is 3. The Morgan fingerprint density at radius 1 is 1.22 bits per heavy atom. The summed E-state index contributed by atoms with van der Waals surface area (Å²) < 4.78 is 0. The molecule has 0 radical (unpaired) electrons. The third-order valence-electron chi connectivity index (χ3n) is 3.46. The van der Waals surface area contributed by atoms with E-state index in [1.165, 1.54) is 11.6 Å². The lowest BCUT2D eigenvalue weighted by Gasteiger charge is -2.13. The number of benzene rings is 1. The second-order valence-electron chi connectivity index (χ2n) is 5.71. The third kappa shape index (κ3) is 6.48. The van der Waals surface area contributed by atoms with Gasteiger partial charge in [-0.05, 0) is 24.6 Å². The number of hydrogen-bond acceptors (Lipinski definition) is 4. The van der Waals surface area contributed by atoms with Crippen LogP contribution in [-0.4, -0.2) is 31.0 Å². The zero-order chi connectivity index (χ0) is 17.4. The standard InChI is InChI=1S/C18H24N2O3/c1-13(5-10-18(22)19-23)11-14(2)17(21)12-15-6-8-16(9-7-15)20(3)4/h5-11,14,23H,12H2,1-4H3,(H,19,22)/b10-5+,13-11+. The van der Waals surface area contributed by atoms with E-state index >= 15 is 0 Å². The fourth-order valence-corrected chi connectivity index (χ4v) is 2.06. The molecule has 2 N–H and O–H groups in total. The van der Waals surface area contributed by atoms with Gasteiger partial charge in [-0.15, -0.1) is 0 Å². The molecule has 5 nitrogen and oxygen atoms in total. The molecule has 1 atom stereocenters. The van der Waals surface area contributed by atoms with Gasteiger partial charge < -0.3 is 4.90 Å². The highest BCUT2D eigenvalue weighted by atomic mass is 16.5. The van der Waals surface area contributed by atoms with Crippen LogP contribution in [0.25, 0.3) is 0 Å². The first-order valence-corrected chi connectivity index (χ1v) is 7.43. The van der Waals surface area contributed by atoms with Crippen molar-refractivity contribution in [2.45, 2.75) is 20.3 Å². The predicted molar refractivity (Wildman–Crippen MR) is 91.5 cm³/mol. The van der Waals surface area contributed by atoms with Crippen LogP contribution in [0.1, 0.15) is 19.4 Å². The van der Waals surface area contributed by atoms with Crippen LogP contribution in [0.2, 0.25) is 0 Å². The van der Waals surface area contributed by atoms with Gasteiger partial charge in [0.25, 0.3) is 5.91 Å². The van der Waals surface area contributed by atoms with Gasteiger partial charge >= 0.3 is 0 Å². The van der Waals surface area contributed by atoms with Gasteiger partial charge in [-0.3, -0.25) is 14.8 Å². The van der Waals surface area contributed by atoms with Crippen LogP contribution in [0.15, 0.2) is 48.1 Å². The van der Waals surface area contributed by atoms with Crippen molar-refractivity contribution in [1.82, 2.24) is 5.48 Å². The molecule has 5 heteroatoms. The second kappa shape index (κ2) is 8.90. The molecule has 0 spiro atoms. The molecule has 0 saturated carbocycles. The largest absolute Gasteiger partial charge is 0.378 e. The monoisotopic (exact) mass is 316 g/mol. The summed E-state index contributed by atoms with van der Waals surface area (Å²) >= 11 is 0. The Morgan fingerprint density at radius 3 is 2.35 bits per heavy atom. The Kier molecular flexibility index (Phi) is 7.22. The SMILES string of the molecule is CC(/C=C/C(=O)NO)=C\C(C)C(=O)Cc1ccc(N(C)C)cc1. The lowest BCUT2D eigenvalue weighted by atomic mass is 9.97. The Hall–Kier alpha value is -2.40. The third-order valence-corrected chi connectivity index (χ3v) is 3.46. The van der Waals surface area contributed by atoms with Gasteiger partial charge in [0.05, 0.1) is 0 Å². The van der Waals surface area contributed by atoms with Crippen LogP contribution < -0.4 is 10.4 Å². The zero-order valence-corrected chi connectivity index (χ0v) is 14.0. The maximum absolute atomic E-state index is 12.3. The van der Waals surface area contributed by atoms with Crippen molar-refractivity contribution in [1.29, 1.82) is 0 Å². The maximum Gasteiger partial charge on any atom is 0.267 e. The maximum atomic E-state index is 12.3. The highest BCUT2D eigenvalue weighted by Crippen LogP contribution is 2.15. The predicted octanol–water partition coefficient (Wildman–Crippen LogP) is 2.51. The lowest BCUT2D eigenvalue weighted by molar-refractivity contribution is -0.124. The Bertz CT molecular complexity index is 601. The molecule has 23 heavy (non-hydrogen) atoms. The van der Waals surface area contributed by atoms with E-state index in [9.17, 15) is 9.59 Å². The van der Waals surface area contributed by atoms with E-state index in [0.29, 0.717) is 6.42 Å². The van der Waals surface area contributed by atoms with Gasteiger partial charge in [-0.25, -0.2) is 5.48 Å². The van der Waals surface area contributed by atoms with Gasteiger partial charge in [-0.1, -0.05) is 36.8 Å². The summed E-state index contributed by atoms with van der Waals surface area (Å²) in [6, 6.07) is 7.90. The van der Waals surface area contributed by atoms with Crippen molar-refractivity contribution in [3.05, 3.63) is 53.6 Å². The van der Waals surface area contributed by atoms with E-state index in [1.807, 2.05) is 50.2 Å². The number of carbonyl (C=O) groups excluding carboxylic acids is 2. The molecule has 0 aliphatic carbocycles. The van der Waals surface area contributed by atoms with Crippen LogP contribution >= 0.6 is 0 Å². The molecule has 0 fully saturated rings. The number of amides is 1. The number of hydrogen-bond donors (Lipinski definition) is 2. The van der Waals surface area contributed by atoms with E-state index in [4.69, 9.17) is 5.21 Å². The van der Waals surface area contributed by atoms with Crippen LogP contribution in [-0.2, 0) is 16.0 Å². The smallest absolute Gasteiger partial charge is 0.267 e. The summed E-state index contributed by atoms with van der Waals surface area (Å²) in [5, 5.41) is 8.41.